The van der Waals surface area contributed by atoms with Crippen molar-refractivity contribution >= 4 is 0 Å². The zero-order chi connectivity index (χ0) is 17.6. The lowest BCUT2D eigenvalue weighted by atomic mass is 10.0. The van der Waals surface area contributed by atoms with Gasteiger partial charge in [-0.2, -0.15) is 4.57 Å². The number of rotatable bonds is 2. The molecule has 124 valence electrons. The van der Waals surface area contributed by atoms with Gasteiger partial charge in [-0.25, -0.2) is 0 Å². The number of pyridine rings is 1. The Labute approximate surface area is 145 Å². The average Bonchev–Trinajstić information content (AvgIpc) is 2.83. The third-order valence-corrected chi connectivity index (χ3v) is 4.95. The molecule has 3 rings (SSSR count). The SMILES string of the molecule is Cc1cc(C)c(-n2ccc(C)c2-c2cc(C)c(C)c[n+]2C)c(C)c1. The van der Waals surface area contributed by atoms with E-state index < -0.39 is 0 Å². The van der Waals surface area contributed by atoms with E-state index in [0.29, 0.717) is 0 Å². The Hall–Kier alpha value is -2.35. The first-order valence-electron chi connectivity index (χ1n) is 8.53. The molecule has 0 spiro atoms. The predicted octanol–water partition coefficient (Wildman–Crippen LogP) is 4.82. The maximum absolute atomic E-state index is 2.35. The fourth-order valence-electron chi connectivity index (χ4n) is 3.71. The zero-order valence-corrected chi connectivity index (χ0v) is 15.9. The van der Waals surface area contributed by atoms with Gasteiger partial charge in [0.1, 0.15) is 12.7 Å². The van der Waals surface area contributed by atoms with E-state index in [1.807, 2.05) is 0 Å². The number of hydrogen-bond donors (Lipinski definition) is 0. The van der Waals surface area contributed by atoms with Gasteiger partial charge in [-0.15, -0.1) is 0 Å². The first kappa shape index (κ1) is 16.5. The molecule has 2 heterocycles. The molecule has 2 heteroatoms. The summed E-state index contributed by atoms with van der Waals surface area (Å²) in [6, 6.07) is 9.04. The lowest BCUT2D eigenvalue weighted by Gasteiger charge is -2.16. The summed E-state index contributed by atoms with van der Waals surface area (Å²) in [6.07, 6.45) is 4.42. The van der Waals surface area contributed by atoms with Gasteiger partial charge >= 0.3 is 0 Å². The summed E-state index contributed by atoms with van der Waals surface area (Å²) in [5, 5.41) is 0. The summed E-state index contributed by atoms with van der Waals surface area (Å²) in [7, 11) is 2.13. The van der Waals surface area contributed by atoms with Gasteiger partial charge in [0.25, 0.3) is 0 Å². The molecule has 0 unspecified atom stereocenters. The minimum absolute atomic E-state index is 1.25. The normalized spacial score (nSPS) is 11.1. The average molecular weight is 319 g/mol. The number of benzene rings is 1. The molecule has 0 saturated heterocycles. The quantitative estimate of drug-likeness (QED) is 0.599. The van der Waals surface area contributed by atoms with Crippen LogP contribution in [-0.2, 0) is 7.05 Å². The van der Waals surface area contributed by atoms with Crippen molar-refractivity contribution in [2.75, 3.05) is 0 Å². The highest BCUT2D eigenvalue weighted by molar-refractivity contribution is 5.64. The monoisotopic (exact) mass is 319 g/mol. The molecule has 0 fully saturated rings. The van der Waals surface area contributed by atoms with Gasteiger partial charge in [0.2, 0.25) is 5.69 Å². The second-order valence-electron chi connectivity index (χ2n) is 7.10. The topological polar surface area (TPSA) is 8.81 Å². The number of aromatic nitrogens is 2. The molecular formula is C22H27N2+. The largest absolute Gasteiger partial charge is 0.311 e. The van der Waals surface area contributed by atoms with Crippen LogP contribution >= 0.6 is 0 Å². The van der Waals surface area contributed by atoms with Crippen LogP contribution in [0.5, 0.6) is 0 Å². The smallest absolute Gasteiger partial charge is 0.229 e. The highest BCUT2D eigenvalue weighted by atomic mass is 15.0. The van der Waals surface area contributed by atoms with Gasteiger partial charge in [0, 0.05) is 17.8 Å². The second kappa shape index (κ2) is 5.94. The Bertz CT molecular complexity index is 906. The lowest BCUT2D eigenvalue weighted by Crippen LogP contribution is -2.32. The molecule has 0 saturated carbocycles. The predicted molar refractivity (Wildman–Crippen MR) is 101 cm³/mol. The van der Waals surface area contributed by atoms with Crippen molar-refractivity contribution in [1.29, 1.82) is 0 Å². The van der Waals surface area contributed by atoms with Gasteiger partial charge in [0.15, 0.2) is 6.20 Å². The molecule has 0 radical (unpaired) electrons. The van der Waals surface area contributed by atoms with Crippen LogP contribution in [0, 0.1) is 41.5 Å². The summed E-state index contributed by atoms with van der Waals surface area (Å²) < 4.78 is 4.59. The number of hydrogen-bond acceptors (Lipinski definition) is 0. The summed E-state index contributed by atoms with van der Waals surface area (Å²) in [4.78, 5) is 0. The van der Waals surface area contributed by atoms with Crippen LogP contribution in [0.25, 0.3) is 17.1 Å². The first-order valence-corrected chi connectivity index (χ1v) is 8.53. The van der Waals surface area contributed by atoms with E-state index >= 15 is 0 Å². The van der Waals surface area contributed by atoms with E-state index in [9.17, 15) is 0 Å². The molecule has 1 aromatic carbocycles. The molecule has 3 aromatic rings. The Balaban J connectivity index is 2.31. The fraction of sp³-hybridized carbons (Fsp3) is 0.318. The van der Waals surface area contributed by atoms with E-state index in [1.165, 1.54) is 50.5 Å². The first-order chi connectivity index (χ1) is 11.3. The van der Waals surface area contributed by atoms with Crippen molar-refractivity contribution in [1.82, 2.24) is 4.57 Å². The Morgan fingerprint density at radius 2 is 1.38 bits per heavy atom. The van der Waals surface area contributed by atoms with E-state index in [1.54, 1.807) is 0 Å². The Morgan fingerprint density at radius 1 is 0.750 bits per heavy atom. The van der Waals surface area contributed by atoms with Gasteiger partial charge in [0.05, 0.1) is 5.69 Å². The van der Waals surface area contributed by atoms with Crippen molar-refractivity contribution < 1.29 is 4.57 Å². The Kier molecular flexibility index (Phi) is 4.08. The van der Waals surface area contributed by atoms with E-state index in [2.05, 4.69) is 94.4 Å². The van der Waals surface area contributed by atoms with Gasteiger partial charge in [-0.1, -0.05) is 17.7 Å². The molecule has 2 nitrogen and oxygen atoms in total. The van der Waals surface area contributed by atoms with Crippen LogP contribution < -0.4 is 4.57 Å². The van der Waals surface area contributed by atoms with Crippen LogP contribution in [-0.4, -0.2) is 4.57 Å². The number of aryl methyl sites for hydroxylation is 7. The highest BCUT2D eigenvalue weighted by Crippen LogP contribution is 2.30. The maximum atomic E-state index is 2.35. The van der Waals surface area contributed by atoms with Crippen molar-refractivity contribution in [2.45, 2.75) is 41.5 Å². The fourth-order valence-corrected chi connectivity index (χ4v) is 3.71. The molecule has 0 atom stereocenters. The summed E-state index contributed by atoms with van der Waals surface area (Å²) >= 11 is 0. The van der Waals surface area contributed by atoms with Gasteiger partial charge < -0.3 is 4.57 Å². The van der Waals surface area contributed by atoms with Gasteiger partial charge in [-0.05, 0) is 69.9 Å². The van der Waals surface area contributed by atoms with Crippen LogP contribution in [0.1, 0.15) is 33.4 Å². The molecule has 0 amide bonds. The third kappa shape index (κ3) is 2.66. The molecule has 0 bridgehead atoms. The third-order valence-electron chi connectivity index (χ3n) is 4.95. The Morgan fingerprint density at radius 3 is 2.00 bits per heavy atom. The molecule has 24 heavy (non-hydrogen) atoms. The standard InChI is InChI=1S/C22H27N2/c1-14-10-17(4)21(18(5)11-14)24-9-8-15(2)22(24)20-12-16(3)19(6)13-23(20)7/h8-13H,1-7H3/q+1. The van der Waals surface area contributed by atoms with Crippen molar-refractivity contribution in [3.8, 4) is 17.1 Å². The van der Waals surface area contributed by atoms with E-state index in [-0.39, 0.29) is 0 Å². The van der Waals surface area contributed by atoms with E-state index in [0.717, 1.165) is 0 Å². The molecule has 0 aliphatic heterocycles. The van der Waals surface area contributed by atoms with Crippen LogP contribution in [0.4, 0.5) is 0 Å². The molecule has 0 aliphatic rings. The second-order valence-corrected chi connectivity index (χ2v) is 7.10. The number of nitrogens with zero attached hydrogens (tertiary/aromatic N) is 2. The van der Waals surface area contributed by atoms with Crippen molar-refractivity contribution in [3.63, 3.8) is 0 Å². The molecule has 0 aliphatic carbocycles. The summed E-state index contributed by atoms with van der Waals surface area (Å²) in [6.45, 7) is 13.1. The minimum Gasteiger partial charge on any atom is -0.311 e. The minimum atomic E-state index is 1.25. The summed E-state index contributed by atoms with van der Waals surface area (Å²) in [5.41, 5.74) is 11.7. The van der Waals surface area contributed by atoms with Gasteiger partial charge in [-0.3, -0.25) is 0 Å². The highest BCUT2D eigenvalue weighted by Gasteiger charge is 2.21. The molecule has 2 aromatic heterocycles. The van der Waals surface area contributed by atoms with Crippen LogP contribution in [0.2, 0.25) is 0 Å². The van der Waals surface area contributed by atoms with Crippen LogP contribution in [0.3, 0.4) is 0 Å². The van der Waals surface area contributed by atoms with Crippen LogP contribution in [0.15, 0.2) is 36.7 Å². The summed E-state index contributed by atoms with van der Waals surface area (Å²) in [5.74, 6) is 0. The molecular weight excluding hydrogens is 292 g/mol. The van der Waals surface area contributed by atoms with Crippen molar-refractivity contribution in [3.05, 3.63) is 70.0 Å². The van der Waals surface area contributed by atoms with Crippen molar-refractivity contribution in [2.24, 2.45) is 7.05 Å². The maximum Gasteiger partial charge on any atom is 0.229 e. The zero-order valence-electron chi connectivity index (χ0n) is 15.9. The molecule has 0 N–H and O–H groups in total. The lowest BCUT2D eigenvalue weighted by molar-refractivity contribution is -0.661. The van der Waals surface area contributed by atoms with E-state index in [4.69, 9.17) is 0 Å².